The summed E-state index contributed by atoms with van der Waals surface area (Å²) in [5.41, 5.74) is 2.42. The van der Waals surface area contributed by atoms with E-state index < -0.39 is 0 Å². The summed E-state index contributed by atoms with van der Waals surface area (Å²) < 4.78 is 0.675. The number of hydrogen-bond acceptors (Lipinski definition) is 6. The molecule has 5 nitrogen and oxygen atoms in total. The molecule has 140 valence electrons. The highest BCUT2D eigenvalue weighted by Crippen LogP contribution is 2.34. The smallest absolute Gasteiger partial charge is 0.234 e. The normalized spacial score (nSPS) is 10.7. The number of rotatable bonds is 6. The van der Waals surface area contributed by atoms with Crippen molar-refractivity contribution in [2.75, 3.05) is 16.4 Å². The number of halogens is 3. The van der Waals surface area contributed by atoms with Crippen molar-refractivity contribution >= 4 is 80.3 Å². The zero-order valence-electron chi connectivity index (χ0n) is 13.9. The van der Waals surface area contributed by atoms with E-state index in [9.17, 15) is 4.79 Å². The number of amides is 1. The first kappa shape index (κ1) is 20.2. The Morgan fingerprint density at radius 3 is 2.56 bits per heavy atom. The quantitative estimate of drug-likeness (QED) is 0.424. The lowest BCUT2D eigenvalue weighted by atomic mass is 10.2. The number of benzene rings is 2. The molecular formula is C17H13Cl3N4OS2. The molecule has 0 atom stereocenters. The molecule has 27 heavy (non-hydrogen) atoms. The average Bonchev–Trinajstić information content (AvgIpc) is 3.06. The maximum atomic E-state index is 12.2. The summed E-state index contributed by atoms with van der Waals surface area (Å²) in [6.07, 6.45) is 0. The molecule has 2 aromatic carbocycles. The van der Waals surface area contributed by atoms with Crippen LogP contribution in [0.3, 0.4) is 0 Å². The molecule has 3 rings (SSSR count). The molecular weight excluding hydrogens is 447 g/mol. The fourth-order valence-corrected chi connectivity index (χ4v) is 4.59. The van der Waals surface area contributed by atoms with Gasteiger partial charge in [-0.05, 0) is 30.7 Å². The molecule has 0 unspecified atom stereocenters. The number of carbonyl (C=O) groups is 1. The van der Waals surface area contributed by atoms with Gasteiger partial charge in [0.05, 0.1) is 21.5 Å². The fourth-order valence-electron chi connectivity index (χ4n) is 2.11. The van der Waals surface area contributed by atoms with E-state index >= 15 is 0 Å². The van der Waals surface area contributed by atoms with Gasteiger partial charge in [-0.15, -0.1) is 10.2 Å². The number of aryl methyl sites for hydroxylation is 1. The van der Waals surface area contributed by atoms with E-state index in [2.05, 4.69) is 20.8 Å². The van der Waals surface area contributed by atoms with E-state index in [4.69, 9.17) is 34.8 Å². The highest BCUT2D eigenvalue weighted by Gasteiger charge is 2.13. The van der Waals surface area contributed by atoms with Gasteiger partial charge >= 0.3 is 0 Å². The second-order valence-electron chi connectivity index (χ2n) is 5.39. The predicted molar refractivity (Wildman–Crippen MR) is 115 cm³/mol. The first-order valence-electron chi connectivity index (χ1n) is 7.65. The van der Waals surface area contributed by atoms with Crippen molar-refractivity contribution in [1.29, 1.82) is 0 Å². The molecule has 3 aromatic rings. The van der Waals surface area contributed by atoms with E-state index in [1.165, 1.54) is 35.2 Å². The number of nitrogens with one attached hydrogen (secondary N) is 2. The van der Waals surface area contributed by atoms with Crippen LogP contribution < -0.4 is 10.6 Å². The van der Waals surface area contributed by atoms with Gasteiger partial charge in [0.2, 0.25) is 11.0 Å². The van der Waals surface area contributed by atoms with Gasteiger partial charge in [0, 0.05) is 10.7 Å². The maximum absolute atomic E-state index is 12.2. The maximum Gasteiger partial charge on any atom is 0.234 e. The SMILES string of the molecule is Cc1ccccc1Nc1nnc(SCC(=O)Nc2c(Cl)cc(Cl)cc2Cl)s1. The molecule has 0 saturated carbocycles. The Balaban J connectivity index is 1.57. The number of carbonyl (C=O) groups excluding carboxylic acids is 1. The van der Waals surface area contributed by atoms with Gasteiger partial charge < -0.3 is 10.6 Å². The number of aromatic nitrogens is 2. The van der Waals surface area contributed by atoms with E-state index in [1.54, 1.807) is 0 Å². The average molecular weight is 460 g/mol. The van der Waals surface area contributed by atoms with Crippen LogP contribution in [0.25, 0.3) is 0 Å². The molecule has 2 N–H and O–H groups in total. The Morgan fingerprint density at radius 2 is 1.85 bits per heavy atom. The van der Waals surface area contributed by atoms with Gasteiger partial charge in [-0.3, -0.25) is 4.79 Å². The van der Waals surface area contributed by atoms with Crippen molar-refractivity contribution in [2.45, 2.75) is 11.3 Å². The molecule has 1 heterocycles. The molecule has 10 heteroatoms. The van der Waals surface area contributed by atoms with Gasteiger partial charge in [0.25, 0.3) is 0 Å². The minimum absolute atomic E-state index is 0.147. The lowest BCUT2D eigenvalue weighted by Gasteiger charge is -2.09. The summed E-state index contributed by atoms with van der Waals surface area (Å²) in [6.45, 7) is 2.01. The van der Waals surface area contributed by atoms with Crippen molar-refractivity contribution in [2.24, 2.45) is 0 Å². The van der Waals surface area contributed by atoms with Crippen LogP contribution in [0.5, 0.6) is 0 Å². The summed E-state index contributed by atoms with van der Waals surface area (Å²) in [5.74, 6) is -0.108. The molecule has 0 aliphatic carbocycles. The zero-order chi connectivity index (χ0) is 19.4. The standard InChI is InChI=1S/C17H13Cl3N4OS2/c1-9-4-2-3-5-13(9)21-16-23-24-17(27-16)26-8-14(25)22-15-11(19)6-10(18)7-12(15)20/h2-7H,8H2,1H3,(H,21,23)(H,22,25). The molecule has 0 saturated heterocycles. The summed E-state index contributed by atoms with van der Waals surface area (Å²) >= 11 is 20.7. The number of nitrogens with zero attached hydrogens (tertiary/aromatic N) is 2. The molecule has 0 aliphatic rings. The van der Waals surface area contributed by atoms with Crippen LogP contribution in [0.4, 0.5) is 16.5 Å². The molecule has 1 amide bonds. The van der Waals surface area contributed by atoms with Gasteiger partial charge in [-0.1, -0.05) is 76.1 Å². The number of anilines is 3. The van der Waals surface area contributed by atoms with Crippen LogP contribution in [0.15, 0.2) is 40.7 Å². The first-order chi connectivity index (χ1) is 12.9. The number of para-hydroxylation sites is 1. The third-order valence-corrected chi connectivity index (χ3v) is 6.18. The number of hydrogen-bond donors (Lipinski definition) is 2. The summed E-state index contributed by atoms with van der Waals surface area (Å²) in [5, 5.41) is 15.7. The molecule has 0 spiro atoms. The lowest BCUT2D eigenvalue weighted by Crippen LogP contribution is -2.14. The molecule has 0 fully saturated rings. The fraction of sp³-hybridized carbons (Fsp3) is 0.118. The monoisotopic (exact) mass is 458 g/mol. The molecule has 0 radical (unpaired) electrons. The van der Waals surface area contributed by atoms with Crippen LogP contribution in [0.2, 0.25) is 15.1 Å². The second-order valence-corrected chi connectivity index (χ2v) is 8.85. The lowest BCUT2D eigenvalue weighted by molar-refractivity contribution is -0.113. The summed E-state index contributed by atoms with van der Waals surface area (Å²) in [6, 6.07) is 10.9. The van der Waals surface area contributed by atoms with Crippen LogP contribution >= 0.6 is 57.9 Å². The largest absolute Gasteiger partial charge is 0.330 e. The molecule has 0 aliphatic heterocycles. The second kappa shape index (κ2) is 9.12. The Morgan fingerprint density at radius 1 is 1.15 bits per heavy atom. The molecule has 0 bridgehead atoms. The first-order valence-corrected chi connectivity index (χ1v) is 10.6. The van der Waals surface area contributed by atoms with Crippen molar-refractivity contribution in [3.63, 3.8) is 0 Å². The van der Waals surface area contributed by atoms with Crippen molar-refractivity contribution < 1.29 is 4.79 Å². The Bertz CT molecular complexity index is 957. The minimum atomic E-state index is -0.255. The number of thioether (sulfide) groups is 1. The van der Waals surface area contributed by atoms with Gasteiger partial charge in [-0.25, -0.2) is 0 Å². The zero-order valence-corrected chi connectivity index (χ0v) is 17.8. The summed E-state index contributed by atoms with van der Waals surface area (Å²) in [7, 11) is 0. The minimum Gasteiger partial charge on any atom is -0.330 e. The predicted octanol–water partition coefficient (Wildman–Crippen LogP) is 6.28. The van der Waals surface area contributed by atoms with Gasteiger partial charge in [0.15, 0.2) is 4.34 Å². The van der Waals surface area contributed by atoms with Crippen LogP contribution in [0.1, 0.15) is 5.56 Å². The van der Waals surface area contributed by atoms with Crippen LogP contribution in [0, 0.1) is 6.92 Å². The van der Waals surface area contributed by atoms with E-state index in [-0.39, 0.29) is 21.7 Å². The van der Waals surface area contributed by atoms with E-state index in [1.807, 2.05) is 31.2 Å². The van der Waals surface area contributed by atoms with Crippen molar-refractivity contribution in [3.05, 3.63) is 57.0 Å². The Kier molecular flexibility index (Phi) is 6.83. The highest BCUT2D eigenvalue weighted by atomic mass is 35.5. The van der Waals surface area contributed by atoms with Gasteiger partial charge in [0.1, 0.15) is 0 Å². The van der Waals surface area contributed by atoms with E-state index in [0.29, 0.717) is 20.2 Å². The van der Waals surface area contributed by atoms with E-state index in [0.717, 1.165) is 11.3 Å². The summed E-state index contributed by atoms with van der Waals surface area (Å²) in [4.78, 5) is 12.2. The van der Waals surface area contributed by atoms with Crippen LogP contribution in [-0.2, 0) is 4.79 Å². The Hall–Kier alpha value is -1.51. The highest BCUT2D eigenvalue weighted by molar-refractivity contribution is 8.01. The topological polar surface area (TPSA) is 66.9 Å². The Labute approximate surface area is 179 Å². The van der Waals surface area contributed by atoms with Gasteiger partial charge in [-0.2, -0.15) is 0 Å². The van der Waals surface area contributed by atoms with Crippen molar-refractivity contribution in [3.8, 4) is 0 Å². The van der Waals surface area contributed by atoms with Crippen molar-refractivity contribution in [1.82, 2.24) is 10.2 Å². The third-order valence-electron chi connectivity index (χ3n) is 3.39. The van der Waals surface area contributed by atoms with Crippen LogP contribution in [-0.4, -0.2) is 21.9 Å². The third kappa shape index (κ3) is 5.49. The molecule has 1 aromatic heterocycles.